The zero-order valence-corrected chi connectivity index (χ0v) is 25.5. The number of para-hydroxylation sites is 1. The Hall–Kier alpha value is -1.81. The molecule has 3 aliphatic rings. The number of carbonyl (C=O) groups excluding carboxylic acids is 1. The van der Waals surface area contributed by atoms with Crippen molar-refractivity contribution in [1.82, 2.24) is 5.32 Å². The number of aliphatic hydroxyl groups is 1. The fraction of sp³-hybridized carbons (Fsp3) is 0.743. The second kappa shape index (κ2) is 13.2. The summed E-state index contributed by atoms with van der Waals surface area (Å²) in [6, 6.07) is 8.30. The second-order valence-corrected chi connectivity index (χ2v) is 13.7. The number of amides is 1. The van der Waals surface area contributed by atoms with E-state index in [1.165, 1.54) is 56.9 Å². The normalized spacial score (nSPS) is 29.9. The van der Waals surface area contributed by atoms with Crippen molar-refractivity contribution in [1.29, 1.82) is 0 Å². The van der Waals surface area contributed by atoms with Crippen LogP contribution >= 0.6 is 0 Å². The van der Waals surface area contributed by atoms with E-state index in [1.54, 1.807) is 18.3 Å². The highest BCUT2D eigenvalue weighted by atomic mass is 16.5. The molecule has 1 amide bonds. The minimum atomic E-state index is -0.172. The van der Waals surface area contributed by atoms with Crippen LogP contribution in [0.5, 0.6) is 5.75 Å². The first-order valence-corrected chi connectivity index (χ1v) is 15.9. The SMILES string of the molecule is COc1ccccc1CCCCCCCNC(=O)CCC1=C(C)CC[C@H]2[C@H]1CC[C@H]1C(C)(C)[C@@H](O)CC[C@]21C. The number of nitrogens with one attached hydrogen (secondary N) is 1. The topological polar surface area (TPSA) is 58.6 Å². The summed E-state index contributed by atoms with van der Waals surface area (Å²) in [5.41, 5.74) is 4.76. The zero-order chi connectivity index (χ0) is 28.0. The number of fused-ring (bicyclic) bond motifs is 3. The minimum absolute atomic E-state index is 0.00364. The van der Waals surface area contributed by atoms with Crippen molar-refractivity contribution < 1.29 is 14.6 Å². The Morgan fingerprint density at radius 1 is 1.00 bits per heavy atom. The number of hydrogen-bond donors (Lipinski definition) is 2. The molecule has 0 aromatic heterocycles. The van der Waals surface area contributed by atoms with E-state index in [9.17, 15) is 9.90 Å². The van der Waals surface area contributed by atoms with Crippen LogP contribution in [-0.4, -0.2) is 30.8 Å². The van der Waals surface area contributed by atoms with Gasteiger partial charge in [0.2, 0.25) is 5.91 Å². The molecule has 0 saturated heterocycles. The van der Waals surface area contributed by atoms with E-state index in [2.05, 4.69) is 45.1 Å². The molecule has 2 N–H and O–H groups in total. The van der Waals surface area contributed by atoms with Gasteiger partial charge in [-0.1, -0.05) is 69.4 Å². The molecule has 0 heterocycles. The van der Waals surface area contributed by atoms with Gasteiger partial charge in [-0.05, 0) is 111 Å². The Morgan fingerprint density at radius 3 is 2.54 bits per heavy atom. The van der Waals surface area contributed by atoms with Gasteiger partial charge in [0.25, 0.3) is 0 Å². The van der Waals surface area contributed by atoms with Crippen molar-refractivity contribution in [2.45, 2.75) is 124 Å². The van der Waals surface area contributed by atoms with Gasteiger partial charge in [-0.15, -0.1) is 0 Å². The van der Waals surface area contributed by atoms with Crippen LogP contribution in [-0.2, 0) is 11.2 Å². The largest absolute Gasteiger partial charge is 0.496 e. The summed E-state index contributed by atoms with van der Waals surface area (Å²) in [7, 11) is 1.74. The number of ether oxygens (including phenoxy) is 1. The number of benzene rings is 1. The van der Waals surface area contributed by atoms with Gasteiger partial charge < -0.3 is 15.2 Å². The summed E-state index contributed by atoms with van der Waals surface area (Å²) in [6.45, 7) is 10.3. The number of rotatable bonds is 12. The van der Waals surface area contributed by atoms with Gasteiger partial charge in [-0.3, -0.25) is 4.79 Å². The molecule has 0 spiro atoms. The van der Waals surface area contributed by atoms with E-state index in [0.29, 0.717) is 29.6 Å². The van der Waals surface area contributed by atoms with E-state index in [-0.39, 0.29) is 17.4 Å². The molecular formula is C35H55NO3. The molecule has 218 valence electrons. The Kier molecular flexibility index (Phi) is 10.2. The van der Waals surface area contributed by atoms with Crippen molar-refractivity contribution in [2.75, 3.05) is 13.7 Å². The van der Waals surface area contributed by atoms with Crippen LogP contribution in [0.15, 0.2) is 35.4 Å². The molecule has 0 bridgehead atoms. The molecule has 1 aromatic carbocycles. The molecule has 4 rings (SSSR count). The number of aryl methyl sites for hydroxylation is 1. The van der Waals surface area contributed by atoms with Crippen molar-refractivity contribution in [3.05, 3.63) is 41.0 Å². The lowest BCUT2D eigenvalue weighted by molar-refractivity contribution is -0.149. The maximum atomic E-state index is 12.7. The maximum Gasteiger partial charge on any atom is 0.220 e. The van der Waals surface area contributed by atoms with E-state index in [0.717, 1.165) is 44.4 Å². The molecule has 4 heteroatoms. The first kappa shape index (κ1) is 30.2. The lowest BCUT2D eigenvalue weighted by Gasteiger charge is -2.62. The standard InChI is InChI=1S/C35H55NO3/c1-25-16-19-29-28(17-20-31-34(2,3)32(37)22-23-35(29,31)4)27(25)18-21-33(38)36-24-12-8-6-7-9-13-26-14-10-11-15-30(26)39-5/h10-11,14-15,28-29,31-32,37H,6-9,12-13,16-24H2,1-5H3,(H,36,38)/t28-,29-,31-,32-,35+/m0/s1. The highest BCUT2D eigenvalue weighted by Gasteiger charge is 2.58. The van der Waals surface area contributed by atoms with Gasteiger partial charge in [-0.25, -0.2) is 0 Å². The van der Waals surface area contributed by atoms with E-state index in [1.807, 2.05) is 12.1 Å². The molecule has 0 aliphatic heterocycles. The average Bonchev–Trinajstić information content (AvgIpc) is 2.92. The quantitative estimate of drug-likeness (QED) is 0.210. The summed E-state index contributed by atoms with van der Waals surface area (Å²) in [5.74, 6) is 3.14. The average molecular weight is 538 g/mol. The van der Waals surface area contributed by atoms with Gasteiger partial charge in [0.15, 0.2) is 0 Å². The molecule has 1 aromatic rings. The van der Waals surface area contributed by atoms with Crippen LogP contribution in [0.25, 0.3) is 0 Å². The third-order valence-electron chi connectivity index (χ3n) is 11.2. The van der Waals surface area contributed by atoms with Crippen LogP contribution in [0.1, 0.15) is 117 Å². The van der Waals surface area contributed by atoms with Gasteiger partial charge in [-0.2, -0.15) is 0 Å². The van der Waals surface area contributed by atoms with Gasteiger partial charge >= 0.3 is 0 Å². The third kappa shape index (κ3) is 6.75. The van der Waals surface area contributed by atoms with Crippen molar-refractivity contribution in [3.8, 4) is 5.75 Å². The van der Waals surface area contributed by atoms with Crippen molar-refractivity contribution in [3.63, 3.8) is 0 Å². The minimum Gasteiger partial charge on any atom is -0.496 e. The lowest BCUT2D eigenvalue weighted by Crippen LogP contribution is -2.56. The second-order valence-electron chi connectivity index (χ2n) is 13.7. The van der Waals surface area contributed by atoms with Crippen LogP contribution in [0.3, 0.4) is 0 Å². The van der Waals surface area contributed by atoms with Crippen LogP contribution in [0.4, 0.5) is 0 Å². The van der Waals surface area contributed by atoms with Crippen LogP contribution in [0.2, 0.25) is 0 Å². The summed E-state index contributed by atoms with van der Waals surface area (Å²) in [5, 5.41) is 14.0. The predicted molar refractivity (Wildman–Crippen MR) is 161 cm³/mol. The van der Waals surface area contributed by atoms with Crippen molar-refractivity contribution in [2.24, 2.45) is 28.6 Å². The van der Waals surface area contributed by atoms with E-state index < -0.39 is 0 Å². The first-order valence-electron chi connectivity index (χ1n) is 15.9. The number of methoxy groups -OCH3 is 1. The van der Waals surface area contributed by atoms with Crippen molar-refractivity contribution >= 4 is 5.91 Å². The van der Waals surface area contributed by atoms with Gasteiger partial charge in [0.1, 0.15) is 5.75 Å². The summed E-state index contributed by atoms with van der Waals surface area (Å²) in [6.07, 6.45) is 15.3. The number of unbranched alkanes of at least 4 members (excludes halogenated alkanes) is 4. The Bertz CT molecular complexity index is 997. The van der Waals surface area contributed by atoms with E-state index in [4.69, 9.17) is 4.74 Å². The Morgan fingerprint density at radius 2 is 1.74 bits per heavy atom. The highest BCUT2D eigenvalue weighted by molar-refractivity contribution is 5.76. The summed E-state index contributed by atoms with van der Waals surface area (Å²) in [4.78, 5) is 12.7. The fourth-order valence-electron chi connectivity index (χ4n) is 8.87. The molecule has 2 fully saturated rings. The number of aliphatic hydroxyl groups excluding tert-OH is 1. The van der Waals surface area contributed by atoms with Crippen LogP contribution in [0, 0.1) is 28.6 Å². The molecule has 3 aliphatic carbocycles. The smallest absolute Gasteiger partial charge is 0.220 e. The van der Waals surface area contributed by atoms with E-state index >= 15 is 0 Å². The lowest BCUT2D eigenvalue weighted by atomic mass is 9.43. The maximum absolute atomic E-state index is 12.7. The Balaban J connectivity index is 1.16. The highest BCUT2D eigenvalue weighted by Crippen LogP contribution is 2.64. The molecule has 0 radical (unpaired) electrons. The fourth-order valence-corrected chi connectivity index (χ4v) is 8.87. The third-order valence-corrected chi connectivity index (χ3v) is 11.2. The molecule has 5 atom stereocenters. The molecule has 4 nitrogen and oxygen atoms in total. The van der Waals surface area contributed by atoms with Gasteiger partial charge in [0.05, 0.1) is 13.2 Å². The molecule has 2 saturated carbocycles. The number of hydrogen-bond acceptors (Lipinski definition) is 3. The summed E-state index contributed by atoms with van der Waals surface area (Å²) < 4.78 is 5.45. The van der Waals surface area contributed by atoms with Gasteiger partial charge in [0, 0.05) is 13.0 Å². The predicted octanol–water partition coefficient (Wildman–Crippen LogP) is 8.02. The number of carbonyl (C=O) groups is 1. The van der Waals surface area contributed by atoms with Crippen LogP contribution < -0.4 is 10.1 Å². The zero-order valence-electron chi connectivity index (χ0n) is 25.5. The first-order chi connectivity index (χ1) is 18.7. The number of allylic oxidation sites excluding steroid dienone is 2. The summed E-state index contributed by atoms with van der Waals surface area (Å²) >= 11 is 0. The molecule has 0 unspecified atom stereocenters. The molecule has 39 heavy (non-hydrogen) atoms. The molecular weight excluding hydrogens is 482 g/mol. The Labute approximate surface area is 238 Å². The monoisotopic (exact) mass is 537 g/mol.